The van der Waals surface area contributed by atoms with Gasteiger partial charge in [-0.15, -0.1) is 12.3 Å². The Balaban J connectivity index is 2.81. The monoisotopic (exact) mass is 162 g/mol. The van der Waals surface area contributed by atoms with Gasteiger partial charge in [-0.3, -0.25) is 0 Å². The molecule has 0 amide bonds. The van der Waals surface area contributed by atoms with Crippen LogP contribution in [-0.2, 0) is 6.42 Å². The molecular weight excluding hydrogens is 151 g/mol. The number of hydrogen-bond donors (Lipinski definition) is 0. The van der Waals surface area contributed by atoms with E-state index < -0.39 is 0 Å². The SMILES string of the molecule is C#CCCc1ccc(C)cc1F. The van der Waals surface area contributed by atoms with Crippen LogP contribution in [0.15, 0.2) is 18.2 Å². The lowest BCUT2D eigenvalue weighted by Crippen LogP contribution is -1.90. The molecule has 0 spiro atoms. The highest BCUT2D eigenvalue weighted by Gasteiger charge is 1.99. The van der Waals surface area contributed by atoms with Crippen molar-refractivity contribution < 1.29 is 4.39 Å². The number of hydrogen-bond acceptors (Lipinski definition) is 0. The lowest BCUT2D eigenvalue weighted by Gasteiger charge is -2.00. The molecule has 0 nitrogen and oxygen atoms in total. The summed E-state index contributed by atoms with van der Waals surface area (Å²) in [6, 6.07) is 5.22. The Labute approximate surface area is 72.4 Å². The normalized spacial score (nSPS) is 9.42. The standard InChI is InChI=1S/C11H11F/c1-3-4-5-10-7-6-9(2)8-11(10)12/h1,6-8H,4-5H2,2H3. The first-order valence-electron chi connectivity index (χ1n) is 3.92. The molecule has 62 valence electrons. The Morgan fingerprint density at radius 3 is 2.83 bits per heavy atom. The van der Waals surface area contributed by atoms with E-state index in [0.717, 1.165) is 5.56 Å². The van der Waals surface area contributed by atoms with Crippen LogP contribution < -0.4 is 0 Å². The molecule has 1 heteroatoms. The van der Waals surface area contributed by atoms with Crippen LogP contribution in [0.5, 0.6) is 0 Å². The second-order valence-corrected chi connectivity index (χ2v) is 2.80. The predicted octanol–water partition coefficient (Wildman–Crippen LogP) is 2.70. The molecule has 12 heavy (non-hydrogen) atoms. The highest BCUT2D eigenvalue weighted by Crippen LogP contribution is 2.11. The molecule has 0 aliphatic heterocycles. The van der Waals surface area contributed by atoms with Gasteiger partial charge in [-0.1, -0.05) is 12.1 Å². The zero-order valence-corrected chi connectivity index (χ0v) is 7.10. The third kappa shape index (κ3) is 2.10. The van der Waals surface area contributed by atoms with Gasteiger partial charge in [-0.05, 0) is 30.5 Å². The molecule has 0 fully saturated rings. The van der Waals surface area contributed by atoms with Crippen LogP contribution in [0, 0.1) is 25.1 Å². The highest BCUT2D eigenvalue weighted by atomic mass is 19.1. The summed E-state index contributed by atoms with van der Waals surface area (Å²) in [5.74, 6) is 2.34. The third-order valence-corrected chi connectivity index (χ3v) is 1.75. The van der Waals surface area contributed by atoms with Crippen molar-refractivity contribution >= 4 is 0 Å². The first-order valence-corrected chi connectivity index (χ1v) is 3.92. The molecule has 0 saturated carbocycles. The minimum absolute atomic E-state index is 0.148. The smallest absolute Gasteiger partial charge is 0.126 e. The van der Waals surface area contributed by atoms with Crippen molar-refractivity contribution in [2.24, 2.45) is 0 Å². The molecule has 0 aromatic heterocycles. The molecule has 0 aliphatic carbocycles. The van der Waals surface area contributed by atoms with Crippen molar-refractivity contribution in [1.29, 1.82) is 0 Å². The molecule has 1 aromatic carbocycles. The summed E-state index contributed by atoms with van der Waals surface area (Å²) in [7, 11) is 0. The second-order valence-electron chi connectivity index (χ2n) is 2.80. The van der Waals surface area contributed by atoms with E-state index in [1.165, 1.54) is 6.07 Å². The molecule has 0 saturated heterocycles. The molecule has 0 unspecified atom stereocenters. The minimum atomic E-state index is -0.148. The first-order chi connectivity index (χ1) is 5.74. The van der Waals surface area contributed by atoms with Gasteiger partial charge >= 0.3 is 0 Å². The fourth-order valence-electron chi connectivity index (χ4n) is 1.06. The summed E-state index contributed by atoms with van der Waals surface area (Å²) in [5, 5.41) is 0. The van der Waals surface area contributed by atoms with Gasteiger partial charge in [0.15, 0.2) is 0 Å². The lowest BCUT2D eigenvalue weighted by molar-refractivity contribution is 0.609. The maximum atomic E-state index is 13.1. The van der Waals surface area contributed by atoms with Gasteiger partial charge < -0.3 is 0 Å². The fourth-order valence-corrected chi connectivity index (χ4v) is 1.06. The minimum Gasteiger partial charge on any atom is -0.207 e. The van der Waals surface area contributed by atoms with Crippen molar-refractivity contribution in [3.05, 3.63) is 35.1 Å². The zero-order chi connectivity index (χ0) is 8.97. The van der Waals surface area contributed by atoms with Crippen LogP contribution in [0.25, 0.3) is 0 Å². The Hall–Kier alpha value is -1.29. The van der Waals surface area contributed by atoms with E-state index in [2.05, 4.69) is 5.92 Å². The first kappa shape index (κ1) is 8.80. The van der Waals surface area contributed by atoms with Gasteiger partial charge in [0.05, 0.1) is 0 Å². The Morgan fingerprint density at radius 1 is 1.50 bits per heavy atom. The average molecular weight is 162 g/mol. The number of benzene rings is 1. The largest absolute Gasteiger partial charge is 0.207 e. The van der Waals surface area contributed by atoms with E-state index in [4.69, 9.17) is 6.42 Å². The summed E-state index contributed by atoms with van der Waals surface area (Å²) < 4.78 is 13.1. The van der Waals surface area contributed by atoms with E-state index >= 15 is 0 Å². The van der Waals surface area contributed by atoms with Gasteiger partial charge in [0.25, 0.3) is 0 Å². The maximum absolute atomic E-state index is 13.1. The molecule has 0 heterocycles. The van der Waals surface area contributed by atoms with Crippen molar-refractivity contribution in [1.82, 2.24) is 0 Å². The topological polar surface area (TPSA) is 0 Å². The Morgan fingerprint density at radius 2 is 2.25 bits per heavy atom. The van der Waals surface area contributed by atoms with Crippen LogP contribution in [0.3, 0.4) is 0 Å². The number of aryl methyl sites for hydroxylation is 2. The highest BCUT2D eigenvalue weighted by molar-refractivity contribution is 5.23. The number of rotatable bonds is 2. The molecule has 0 radical (unpaired) electrons. The third-order valence-electron chi connectivity index (χ3n) is 1.75. The molecule has 0 aliphatic rings. The lowest BCUT2D eigenvalue weighted by atomic mass is 10.1. The number of terminal acetylenes is 1. The number of halogens is 1. The summed E-state index contributed by atoms with van der Waals surface area (Å²) in [4.78, 5) is 0. The van der Waals surface area contributed by atoms with Crippen LogP contribution in [0.4, 0.5) is 4.39 Å². The molecule has 1 aromatic rings. The molecule has 0 bridgehead atoms. The van der Waals surface area contributed by atoms with E-state index in [9.17, 15) is 4.39 Å². The average Bonchev–Trinajstić information content (AvgIpc) is 2.03. The summed E-state index contributed by atoms with van der Waals surface area (Å²) >= 11 is 0. The van der Waals surface area contributed by atoms with E-state index in [-0.39, 0.29) is 5.82 Å². The van der Waals surface area contributed by atoms with E-state index in [1.807, 2.05) is 13.0 Å². The fraction of sp³-hybridized carbons (Fsp3) is 0.273. The Bertz CT molecular complexity index is 307. The van der Waals surface area contributed by atoms with Gasteiger partial charge in [-0.2, -0.15) is 0 Å². The van der Waals surface area contributed by atoms with Crippen molar-refractivity contribution in [2.45, 2.75) is 19.8 Å². The summed E-state index contributed by atoms with van der Waals surface area (Å²) in [5.41, 5.74) is 1.65. The van der Waals surface area contributed by atoms with Gasteiger partial charge in [0.2, 0.25) is 0 Å². The van der Waals surface area contributed by atoms with E-state index in [1.54, 1.807) is 6.07 Å². The van der Waals surface area contributed by atoms with Crippen LogP contribution in [0.2, 0.25) is 0 Å². The van der Waals surface area contributed by atoms with Gasteiger partial charge in [-0.25, -0.2) is 4.39 Å². The van der Waals surface area contributed by atoms with Crippen LogP contribution in [-0.4, -0.2) is 0 Å². The summed E-state index contributed by atoms with van der Waals surface area (Å²) in [6.07, 6.45) is 6.31. The zero-order valence-electron chi connectivity index (χ0n) is 7.10. The van der Waals surface area contributed by atoms with Crippen molar-refractivity contribution in [2.75, 3.05) is 0 Å². The Kier molecular flexibility index (Phi) is 2.88. The van der Waals surface area contributed by atoms with Crippen LogP contribution >= 0.6 is 0 Å². The molecule has 0 atom stereocenters. The molecule has 1 rings (SSSR count). The molecule has 0 N–H and O–H groups in total. The molecular formula is C11H11F. The van der Waals surface area contributed by atoms with Gasteiger partial charge in [0.1, 0.15) is 5.82 Å². The maximum Gasteiger partial charge on any atom is 0.126 e. The van der Waals surface area contributed by atoms with Crippen molar-refractivity contribution in [3.8, 4) is 12.3 Å². The quantitative estimate of drug-likeness (QED) is 0.586. The van der Waals surface area contributed by atoms with Crippen molar-refractivity contribution in [3.63, 3.8) is 0 Å². The van der Waals surface area contributed by atoms with E-state index in [0.29, 0.717) is 18.4 Å². The van der Waals surface area contributed by atoms with Crippen LogP contribution in [0.1, 0.15) is 17.5 Å². The van der Waals surface area contributed by atoms with Gasteiger partial charge in [0, 0.05) is 6.42 Å². The summed E-state index contributed by atoms with van der Waals surface area (Å²) in [6.45, 7) is 1.87. The second kappa shape index (κ2) is 3.92. The predicted molar refractivity (Wildman–Crippen MR) is 48.3 cm³/mol.